The maximum Gasteiger partial charge on any atom is 0.0332 e. The van der Waals surface area contributed by atoms with Crippen LogP contribution < -0.4 is 5.73 Å². The third-order valence-corrected chi connectivity index (χ3v) is 4.38. The summed E-state index contributed by atoms with van der Waals surface area (Å²) in [6, 6.07) is 0.697. The number of hydrogen-bond acceptors (Lipinski definition) is 3. The van der Waals surface area contributed by atoms with Crippen molar-refractivity contribution in [2.45, 2.75) is 44.7 Å². The van der Waals surface area contributed by atoms with E-state index in [-0.39, 0.29) is 0 Å². The predicted molar refractivity (Wildman–Crippen MR) is 63.9 cm³/mol. The van der Waals surface area contributed by atoms with Gasteiger partial charge < -0.3 is 5.73 Å². The van der Waals surface area contributed by atoms with E-state index in [9.17, 15) is 0 Å². The van der Waals surface area contributed by atoms with Crippen LogP contribution in [0, 0.1) is 0 Å². The standard InChI is InChI=1S/C12H25N3/c1-11(2)14-6-8-15(9-7-14)12(10-13)4-3-5-12/h11H,3-10,13H2,1-2H3. The molecule has 0 aromatic heterocycles. The quantitative estimate of drug-likeness (QED) is 0.752. The molecule has 3 heteroatoms. The van der Waals surface area contributed by atoms with Crippen LogP contribution in [0.4, 0.5) is 0 Å². The molecule has 1 aliphatic carbocycles. The van der Waals surface area contributed by atoms with Gasteiger partial charge in [0.25, 0.3) is 0 Å². The molecule has 2 fully saturated rings. The number of nitrogens with two attached hydrogens (primary N) is 1. The lowest BCUT2D eigenvalue weighted by Crippen LogP contribution is -2.63. The Labute approximate surface area is 93.6 Å². The van der Waals surface area contributed by atoms with E-state index < -0.39 is 0 Å². The average Bonchev–Trinajstić information content (AvgIpc) is 2.18. The van der Waals surface area contributed by atoms with Crippen LogP contribution in [-0.4, -0.2) is 54.1 Å². The zero-order valence-electron chi connectivity index (χ0n) is 10.2. The highest BCUT2D eigenvalue weighted by atomic mass is 15.3. The molecule has 1 saturated carbocycles. The van der Waals surface area contributed by atoms with Crippen molar-refractivity contribution in [2.75, 3.05) is 32.7 Å². The third kappa shape index (κ3) is 2.05. The smallest absolute Gasteiger partial charge is 0.0332 e. The largest absolute Gasteiger partial charge is 0.329 e. The summed E-state index contributed by atoms with van der Waals surface area (Å²) in [6.07, 6.45) is 4.03. The first-order chi connectivity index (χ1) is 7.18. The van der Waals surface area contributed by atoms with Crippen LogP contribution >= 0.6 is 0 Å². The second-order valence-corrected chi connectivity index (χ2v) is 5.40. The highest BCUT2D eigenvalue weighted by Crippen LogP contribution is 2.37. The lowest BCUT2D eigenvalue weighted by Gasteiger charge is -2.53. The molecule has 2 N–H and O–H groups in total. The molecule has 2 aliphatic rings. The van der Waals surface area contributed by atoms with Crippen LogP contribution in [0.25, 0.3) is 0 Å². The molecule has 15 heavy (non-hydrogen) atoms. The summed E-state index contributed by atoms with van der Waals surface area (Å²) in [4.78, 5) is 5.22. The first kappa shape index (κ1) is 11.4. The fourth-order valence-corrected chi connectivity index (χ4v) is 2.95. The Hall–Kier alpha value is -0.120. The highest BCUT2D eigenvalue weighted by Gasteiger charge is 2.42. The molecule has 0 amide bonds. The fraction of sp³-hybridized carbons (Fsp3) is 1.00. The maximum atomic E-state index is 5.94. The van der Waals surface area contributed by atoms with E-state index in [1.165, 1.54) is 45.4 Å². The van der Waals surface area contributed by atoms with E-state index in [0.717, 1.165) is 6.54 Å². The SMILES string of the molecule is CC(C)N1CCN(C2(CN)CCC2)CC1. The van der Waals surface area contributed by atoms with Gasteiger partial charge in [-0.2, -0.15) is 0 Å². The molecular formula is C12H25N3. The van der Waals surface area contributed by atoms with Gasteiger partial charge in [0.15, 0.2) is 0 Å². The van der Waals surface area contributed by atoms with E-state index in [1.54, 1.807) is 0 Å². The predicted octanol–water partition coefficient (Wildman–Crippen LogP) is 0.894. The molecule has 0 unspecified atom stereocenters. The van der Waals surface area contributed by atoms with Gasteiger partial charge in [0, 0.05) is 44.3 Å². The summed E-state index contributed by atoms with van der Waals surface area (Å²) in [7, 11) is 0. The molecule has 0 aromatic carbocycles. The van der Waals surface area contributed by atoms with Gasteiger partial charge in [-0.3, -0.25) is 9.80 Å². The number of piperazine rings is 1. The van der Waals surface area contributed by atoms with Crippen molar-refractivity contribution >= 4 is 0 Å². The molecule has 1 aliphatic heterocycles. The van der Waals surface area contributed by atoms with Crippen molar-refractivity contribution < 1.29 is 0 Å². The summed E-state index contributed by atoms with van der Waals surface area (Å²) in [6.45, 7) is 10.3. The molecule has 0 radical (unpaired) electrons. The highest BCUT2D eigenvalue weighted by molar-refractivity contribution is 5.00. The average molecular weight is 211 g/mol. The zero-order chi connectivity index (χ0) is 10.9. The first-order valence-corrected chi connectivity index (χ1v) is 6.37. The fourth-order valence-electron chi connectivity index (χ4n) is 2.95. The lowest BCUT2D eigenvalue weighted by molar-refractivity contribution is -0.0184. The van der Waals surface area contributed by atoms with Crippen LogP contribution in [0.5, 0.6) is 0 Å². The van der Waals surface area contributed by atoms with Crippen molar-refractivity contribution in [2.24, 2.45) is 5.73 Å². The van der Waals surface area contributed by atoms with Gasteiger partial charge in [0.2, 0.25) is 0 Å². The molecule has 1 heterocycles. The number of hydrogen-bond donors (Lipinski definition) is 1. The molecule has 0 spiro atoms. The summed E-state index contributed by atoms with van der Waals surface area (Å²) >= 11 is 0. The molecule has 0 atom stereocenters. The Morgan fingerprint density at radius 1 is 1.13 bits per heavy atom. The van der Waals surface area contributed by atoms with Crippen LogP contribution in [-0.2, 0) is 0 Å². The number of rotatable bonds is 3. The molecule has 0 bridgehead atoms. The number of nitrogens with zero attached hydrogens (tertiary/aromatic N) is 2. The van der Waals surface area contributed by atoms with E-state index in [2.05, 4.69) is 23.6 Å². The van der Waals surface area contributed by atoms with E-state index in [1.807, 2.05) is 0 Å². The second kappa shape index (κ2) is 4.40. The lowest BCUT2D eigenvalue weighted by atomic mass is 9.75. The van der Waals surface area contributed by atoms with Gasteiger partial charge in [-0.1, -0.05) is 0 Å². The molecule has 2 rings (SSSR count). The Kier molecular flexibility index (Phi) is 3.33. The summed E-state index contributed by atoms with van der Waals surface area (Å²) in [5.74, 6) is 0. The van der Waals surface area contributed by atoms with E-state index >= 15 is 0 Å². The van der Waals surface area contributed by atoms with Crippen molar-refractivity contribution in [1.82, 2.24) is 9.80 Å². The van der Waals surface area contributed by atoms with Crippen LogP contribution in [0.1, 0.15) is 33.1 Å². The summed E-state index contributed by atoms with van der Waals surface area (Å²) in [5.41, 5.74) is 6.33. The molecule has 0 aromatic rings. The third-order valence-electron chi connectivity index (χ3n) is 4.38. The second-order valence-electron chi connectivity index (χ2n) is 5.40. The van der Waals surface area contributed by atoms with Crippen LogP contribution in [0.2, 0.25) is 0 Å². The molecule has 1 saturated heterocycles. The monoisotopic (exact) mass is 211 g/mol. The molecule has 3 nitrogen and oxygen atoms in total. The van der Waals surface area contributed by atoms with Gasteiger partial charge >= 0.3 is 0 Å². The van der Waals surface area contributed by atoms with Crippen molar-refractivity contribution in [3.8, 4) is 0 Å². The van der Waals surface area contributed by atoms with Gasteiger partial charge in [-0.05, 0) is 33.1 Å². The van der Waals surface area contributed by atoms with Crippen molar-refractivity contribution in [3.63, 3.8) is 0 Å². The van der Waals surface area contributed by atoms with Gasteiger partial charge in [0.05, 0.1) is 0 Å². The minimum atomic E-state index is 0.392. The van der Waals surface area contributed by atoms with Crippen LogP contribution in [0.3, 0.4) is 0 Å². The Morgan fingerprint density at radius 3 is 2.07 bits per heavy atom. The van der Waals surface area contributed by atoms with E-state index in [4.69, 9.17) is 5.73 Å². The minimum Gasteiger partial charge on any atom is -0.329 e. The van der Waals surface area contributed by atoms with E-state index in [0.29, 0.717) is 11.6 Å². The molecular weight excluding hydrogens is 186 g/mol. The first-order valence-electron chi connectivity index (χ1n) is 6.37. The Morgan fingerprint density at radius 2 is 1.73 bits per heavy atom. The zero-order valence-corrected chi connectivity index (χ0v) is 10.2. The summed E-state index contributed by atoms with van der Waals surface area (Å²) < 4.78 is 0. The van der Waals surface area contributed by atoms with Crippen LogP contribution in [0.15, 0.2) is 0 Å². The Balaban J connectivity index is 1.87. The summed E-state index contributed by atoms with van der Waals surface area (Å²) in [5, 5.41) is 0. The minimum absolute atomic E-state index is 0.392. The molecule has 88 valence electrons. The normalized spacial score (nSPS) is 28.0. The van der Waals surface area contributed by atoms with Crippen molar-refractivity contribution in [3.05, 3.63) is 0 Å². The van der Waals surface area contributed by atoms with Gasteiger partial charge in [-0.15, -0.1) is 0 Å². The maximum absolute atomic E-state index is 5.94. The topological polar surface area (TPSA) is 32.5 Å². The Bertz CT molecular complexity index is 197. The van der Waals surface area contributed by atoms with Crippen molar-refractivity contribution in [1.29, 1.82) is 0 Å². The van der Waals surface area contributed by atoms with Gasteiger partial charge in [-0.25, -0.2) is 0 Å². The van der Waals surface area contributed by atoms with Gasteiger partial charge in [0.1, 0.15) is 0 Å².